The van der Waals surface area contributed by atoms with Crippen molar-refractivity contribution in [1.82, 2.24) is 19.7 Å². The second-order valence-corrected chi connectivity index (χ2v) is 4.60. The van der Waals surface area contributed by atoms with Crippen LogP contribution in [0.1, 0.15) is 10.4 Å². The number of hydrogen-bond donors (Lipinski definition) is 2. The highest BCUT2D eigenvalue weighted by molar-refractivity contribution is 5.93. The molecule has 0 aliphatic heterocycles. The summed E-state index contributed by atoms with van der Waals surface area (Å²) in [6.45, 7) is 1.37. The quantitative estimate of drug-likeness (QED) is 0.836. The summed E-state index contributed by atoms with van der Waals surface area (Å²) in [6.07, 6.45) is 4.95. The first kappa shape index (κ1) is 13.9. The maximum Gasteiger partial charge on any atom is 0.254 e. The molecule has 7 nitrogen and oxygen atoms in total. The molecule has 2 heterocycles. The van der Waals surface area contributed by atoms with Gasteiger partial charge in [0, 0.05) is 33.0 Å². The van der Waals surface area contributed by atoms with Gasteiger partial charge in [0.15, 0.2) is 0 Å². The molecule has 0 unspecified atom stereocenters. The average Bonchev–Trinajstić information content (AvgIpc) is 2.84. The van der Waals surface area contributed by atoms with E-state index >= 15 is 0 Å². The van der Waals surface area contributed by atoms with Gasteiger partial charge in [0.2, 0.25) is 0 Å². The molecular formula is C13H18N6O. The molecule has 7 heteroatoms. The average molecular weight is 274 g/mol. The molecule has 0 atom stereocenters. The number of nitrogen functional groups attached to an aromatic ring is 1. The van der Waals surface area contributed by atoms with Crippen LogP contribution in [0.4, 0.5) is 11.5 Å². The van der Waals surface area contributed by atoms with Crippen LogP contribution in [0.5, 0.6) is 0 Å². The highest BCUT2D eigenvalue weighted by atomic mass is 16.2. The third-order valence-electron chi connectivity index (χ3n) is 2.72. The third-order valence-corrected chi connectivity index (χ3v) is 2.72. The smallest absolute Gasteiger partial charge is 0.254 e. The summed E-state index contributed by atoms with van der Waals surface area (Å²) in [6, 6.07) is 3.54. The summed E-state index contributed by atoms with van der Waals surface area (Å²) in [7, 11) is 3.43. The number of pyridine rings is 1. The van der Waals surface area contributed by atoms with E-state index in [4.69, 9.17) is 5.73 Å². The number of amides is 1. The molecular weight excluding hydrogens is 256 g/mol. The minimum atomic E-state index is -0.0592. The lowest BCUT2D eigenvalue weighted by Crippen LogP contribution is -2.21. The Morgan fingerprint density at radius 1 is 1.40 bits per heavy atom. The Hall–Kier alpha value is -2.57. The summed E-state index contributed by atoms with van der Waals surface area (Å²) in [4.78, 5) is 17.4. The lowest BCUT2D eigenvalue weighted by Gasteiger charge is -2.10. The number of carbonyl (C=O) groups excluding carboxylic acids is 1. The fraction of sp³-hybridized carbons (Fsp3) is 0.308. The van der Waals surface area contributed by atoms with E-state index in [1.165, 1.54) is 4.90 Å². The van der Waals surface area contributed by atoms with Crippen LogP contribution >= 0.6 is 0 Å². The number of hydrogen-bond acceptors (Lipinski definition) is 5. The van der Waals surface area contributed by atoms with E-state index in [9.17, 15) is 4.79 Å². The number of nitrogens with two attached hydrogens (primary N) is 1. The zero-order chi connectivity index (χ0) is 14.5. The lowest BCUT2D eigenvalue weighted by atomic mass is 10.2. The second kappa shape index (κ2) is 6.05. The minimum Gasteiger partial charge on any atom is -0.396 e. The zero-order valence-electron chi connectivity index (χ0n) is 11.6. The highest BCUT2D eigenvalue weighted by Crippen LogP contribution is 2.06. The van der Waals surface area contributed by atoms with Crippen LogP contribution in [0.3, 0.4) is 0 Å². The van der Waals surface area contributed by atoms with Gasteiger partial charge >= 0.3 is 0 Å². The van der Waals surface area contributed by atoms with Crippen molar-refractivity contribution in [3.05, 3.63) is 36.3 Å². The molecule has 0 fully saturated rings. The van der Waals surface area contributed by atoms with Crippen molar-refractivity contribution in [2.24, 2.45) is 0 Å². The first-order valence-corrected chi connectivity index (χ1v) is 6.26. The Kier molecular flexibility index (Phi) is 4.19. The van der Waals surface area contributed by atoms with Crippen LogP contribution in [0.15, 0.2) is 30.7 Å². The van der Waals surface area contributed by atoms with Gasteiger partial charge in [-0.15, -0.1) is 0 Å². The number of carbonyl (C=O) groups is 1. The van der Waals surface area contributed by atoms with Crippen LogP contribution < -0.4 is 11.1 Å². The van der Waals surface area contributed by atoms with Crippen molar-refractivity contribution in [1.29, 1.82) is 0 Å². The van der Waals surface area contributed by atoms with Gasteiger partial charge in [-0.2, -0.15) is 5.10 Å². The van der Waals surface area contributed by atoms with Crippen LogP contribution in [0, 0.1) is 0 Å². The molecule has 0 aliphatic carbocycles. The van der Waals surface area contributed by atoms with Crippen molar-refractivity contribution in [2.45, 2.75) is 6.54 Å². The summed E-state index contributed by atoms with van der Waals surface area (Å²) in [5.74, 6) is 0.663. The fourth-order valence-corrected chi connectivity index (χ4v) is 1.68. The van der Waals surface area contributed by atoms with E-state index in [0.29, 0.717) is 24.3 Å². The number of nitrogens with one attached hydrogen (secondary N) is 1. The summed E-state index contributed by atoms with van der Waals surface area (Å²) < 4.78 is 1.76. The Morgan fingerprint density at radius 3 is 2.75 bits per heavy atom. The SMILES string of the molecule is CN(C)C(=O)c1ccc(NCCn2cc(N)cn2)nc1. The van der Waals surface area contributed by atoms with Crippen LogP contribution in [0.2, 0.25) is 0 Å². The fourth-order valence-electron chi connectivity index (χ4n) is 1.68. The van der Waals surface area contributed by atoms with Gasteiger partial charge in [-0.05, 0) is 12.1 Å². The Balaban J connectivity index is 1.86. The largest absolute Gasteiger partial charge is 0.396 e. The van der Waals surface area contributed by atoms with Crippen molar-refractivity contribution in [3.8, 4) is 0 Å². The Morgan fingerprint density at radius 2 is 2.20 bits per heavy atom. The van der Waals surface area contributed by atoms with Gasteiger partial charge in [-0.1, -0.05) is 0 Å². The molecule has 0 bridgehead atoms. The van der Waals surface area contributed by atoms with Gasteiger partial charge < -0.3 is 16.0 Å². The molecule has 0 radical (unpaired) electrons. The number of anilines is 2. The first-order chi connectivity index (χ1) is 9.56. The molecule has 0 spiro atoms. The van der Waals surface area contributed by atoms with Gasteiger partial charge in [0.05, 0.1) is 24.0 Å². The zero-order valence-corrected chi connectivity index (χ0v) is 11.6. The van der Waals surface area contributed by atoms with Crippen LogP contribution in [-0.4, -0.2) is 46.2 Å². The molecule has 2 rings (SSSR count). The van der Waals surface area contributed by atoms with E-state index in [0.717, 1.165) is 5.82 Å². The maximum atomic E-state index is 11.7. The number of nitrogens with zero attached hydrogens (tertiary/aromatic N) is 4. The molecule has 2 aromatic rings. The molecule has 2 aromatic heterocycles. The van der Waals surface area contributed by atoms with E-state index in [1.807, 2.05) is 0 Å². The molecule has 106 valence electrons. The Labute approximate surface area is 117 Å². The van der Waals surface area contributed by atoms with Crippen LogP contribution in [-0.2, 0) is 6.54 Å². The van der Waals surface area contributed by atoms with E-state index in [2.05, 4.69) is 15.4 Å². The van der Waals surface area contributed by atoms with Crippen molar-refractivity contribution in [2.75, 3.05) is 31.7 Å². The molecule has 0 saturated carbocycles. The van der Waals surface area contributed by atoms with Gasteiger partial charge in [0.1, 0.15) is 5.82 Å². The second-order valence-electron chi connectivity index (χ2n) is 4.60. The molecule has 0 saturated heterocycles. The van der Waals surface area contributed by atoms with Gasteiger partial charge in [-0.25, -0.2) is 4.98 Å². The van der Waals surface area contributed by atoms with Crippen molar-refractivity contribution in [3.63, 3.8) is 0 Å². The predicted molar refractivity (Wildman–Crippen MR) is 77.4 cm³/mol. The highest BCUT2D eigenvalue weighted by Gasteiger charge is 2.07. The van der Waals surface area contributed by atoms with E-state index in [-0.39, 0.29) is 5.91 Å². The predicted octanol–water partition coefficient (Wildman–Crippen LogP) is 0.674. The van der Waals surface area contributed by atoms with Gasteiger partial charge in [0.25, 0.3) is 5.91 Å². The van der Waals surface area contributed by atoms with E-state index in [1.54, 1.807) is 49.5 Å². The standard InChI is InChI=1S/C13H18N6O/c1-18(2)13(20)10-3-4-12(16-7-10)15-5-6-19-9-11(14)8-17-19/h3-4,7-9H,5-6,14H2,1-2H3,(H,15,16). The Bertz CT molecular complexity index is 575. The number of aromatic nitrogens is 3. The molecule has 0 aliphatic rings. The molecule has 3 N–H and O–H groups in total. The topological polar surface area (TPSA) is 89.1 Å². The normalized spacial score (nSPS) is 10.3. The van der Waals surface area contributed by atoms with Gasteiger partial charge in [-0.3, -0.25) is 9.48 Å². The first-order valence-electron chi connectivity index (χ1n) is 6.26. The molecule has 1 amide bonds. The minimum absolute atomic E-state index is 0.0592. The van der Waals surface area contributed by atoms with Crippen LogP contribution in [0.25, 0.3) is 0 Å². The summed E-state index contributed by atoms with van der Waals surface area (Å²) in [5.41, 5.74) is 6.80. The maximum absolute atomic E-state index is 11.7. The van der Waals surface area contributed by atoms with E-state index < -0.39 is 0 Å². The lowest BCUT2D eigenvalue weighted by molar-refractivity contribution is 0.0827. The van der Waals surface area contributed by atoms with Crippen molar-refractivity contribution >= 4 is 17.4 Å². The number of rotatable bonds is 5. The van der Waals surface area contributed by atoms with Crippen molar-refractivity contribution < 1.29 is 4.79 Å². The molecule has 20 heavy (non-hydrogen) atoms. The summed E-state index contributed by atoms with van der Waals surface area (Å²) >= 11 is 0. The monoisotopic (exact) mass is 274 g/mol. The third kappa shape index (κ3) is 3.47. The summed E-state index contributed by atoms with van der Waals surface area (Å²) in [5, 5.41) is 7.24. The molecule has 0 aromatic carbocycles.